The van der Waals surface area contributed by atoms with Crippen molar-refractivity contribution in [1.82, 2.24) is 0 Å². The third kappa shape index (κ3) is 1.80. The van der Waals surface area contributed by atoms with Crippen molar-refractivity contribution in [3.63, 3.8) is 0 Å². The zero-order valence-corrected chi connectivity index (χ0v) is 9.55. The van der Waals surface area contributed by atoms with Crippen LogP contribution >= 0.6 is 0 Å². The molecule has 1 aliphatic carbocycles. The number of benzene rings is 1. The molecule has 0 spiro atoms. The molecule has 2 heteroatoms. The van der Waals surface area contributed by atoms with Crippen LogP contribution in [0.2, 0.25) is 0 Å². The van der Waals surface area contributed by atoms with E-state index >= 15 is 0 Å². The lowest BCUT2D eigenvalue weighted by molar-refractivity contribution is 0.121. The van der Waals surface area contributed by atoms with Crippen LogP contribution in [0.1, 0.15) is 29.5 Å². The molecule has 0 radical (unpaired) electrons. The molecule has 2 N–H and O–H groups in total. The second-order valence-electron chi connectivity index (χ2n) is 4.54. The zero-order valence-electron chi connectivity index (χ0n) is 9.55. The van der Waals surface area contributed by atoms with E-state index < -0.39 is 0 Å². The first-order valence-corrected chi connectivity index (χ1v) is 5.54. The number of fused-ring (bicyclic) bond motifs is 1. The molecule has 1 aliphatic rings. The summed E-state index contributed by atoms with van der Waals surface area (Å²) in [5, 5.41) is 0. The van der Waals surface area contributed by atoms with Crippen molar-refractivity contribution in [1.29, 1.82) is 0 Å². The van der Waals surface area contributed by atoms with E-state index in [9.17, 15) is 0 Å². The van der Waals surface area contributed by atoms with Crippen LogP contribution in [-0.4, -0.2) is 13.7 Å². The summed E-state index contributed by atoms with van der Waals surface area (Å²) >= 11 is 0. The van der Waals surface area contributed by atoms with Gasteiger partial charge in [-0.25, -0.2) is 0 Å². The minimum atomic E-state index is -0.269. The summed E-state index contributed by atoms with van der Waals surface area (Å²) in [4.78, 5) is 0. The second-order valence-corrected chi connectivity index (χ2v) is 4.54. The van der Waals surface area contributed by atoms with E-state index in [0.29, 0.717) is 6.61 Å². The molecule has 0 aliphatic heterocycles. The van der Waals surface area contributed by atoms with Crippen molar-refractivity contribution < 1.29 is 4.74 Å². The van der Waals surface area contributed by atoms with Gasteiger partial charge in [0.15, 0.2) is 0 Å². The lowest BCUT2D eigenvalue weighted by Crippen LogP contribution is -2.44. The van der Waals surface area contributed by atoms with Gasteiger partial charge >= 0.3 is 0 Å². The Kier molecular flexibility index (Phi) is 2.81. The number of nitrogens with two attached hydrogens (primary N) is 1. The van der Waals surface area contributed by atoms with Gasteiger partial charge in [0.2, 0.25) is 0 Å². The number of rotatable bonds is 2. The average Bonchev–Trinajstić information content (AvgIpc) is 2.20. The predicted molar refractivity (Wildman–Crippen MR) is 61.9 cm³/mol. The third-order valence-electron chi connectivity index (χ3n) is 3.40. The van der Waals surface area contributed by atoms with Crippen LogP contribution in [0.3, 0.4) is 0 Å². The van der Waals surface area contributed by atoms with Crippen molar-refractivity contribution in [2.24, 2.45) is 5.73 Å². The lowest BCUT2D eigenvalue weighted by atomic mass is 9.76. The molecule has 0 amide bonds. The van der Waals surface area contributed by atoms with E-state index in [1.165, 1.54) is 16.7 Å². The third-order valence-corrected chi connectivity index (χ3v) is 3.40. The normalized spacial score (nSPS) is 25.0. The van der Waals surface area contributed by atoms with Gasteiger partial charge in [0.05, 0.1) is 12.1 Å². The molecule has 0 fully saturated rings. The van der Waals surface area contributed by atoms with E-state index in [1.807, 2.05) is 0 Å². The minimum Gasteiger partial charge on any atom is -0.382 e. The molecule has 82 valence electrons. The van der Waals surface area contributed by atoms with Gasteiger partial charge in [-0.15, -0.1) is 0 Å². The SMILES string of the molecule is COCC1(N)CCCc2c(C)cccc21. The summed E-state index contributed by atoms with van der Waals surface area (Å²) in [5.74, 6) is 0. The van der Waals surface area contributed by atoms with E-state index in [2.05, 4.69) is 25.1 Å². The monoisotopic (exact) mass is 205 g/mol. The second kappa shape index (κ2) is 3.95. The summed E-state index contributed by atoms with van der Waals surface area (Å²) in [5.41, 5.74) is 10.2. The molecule has 0 saturated heterocycles. The fraction of sp³-hybridized carbons (Fsp3) is 0.538. The Balaban J connectivity index is 2.46. The maximum atomic E-state index is 6.43. The average molecular weight is 205 g/mol. The quantitative estimate of drug-likeness (QED) is 0.802. The van der Waals surface area contributed by atoms with Gasteiger partial charge in [0, 0.05) is 7.11 Å². The predicted octanol–water partition coefficient (Wildman–Crippen LogP) is 2.13. The summed E-state index contributed by atoms with van der Waals surface area (Å²) in [6.45, 7) is 2.78. The first-order valence-electron chi connectivity index (χ1n) is 5.54. The molecule has 1 aromatic carbocycles. The maximum absolute atomic E-state index is 6.43. The molecule has 15 heavy (non-hydrogen) atoms. The van der Waals surface area contributed by atoms with E-state index in [1.54, 1.807) is 7.11 Å². The number of methoxy groups -OCH3 is 1. The molecule has 0 heterocycles. The number of hydrogen-bond donors (Lipinski definition) is 1. The van der Waals surface area contributed by atoms with Gasteiger partial charge in [-0.2, -0.15) is 0 Å². The van der Waals surface area contributed by atoms with Gasteiger partial charge in [-0.3, -0.25) is 0 Å². The highest BCUT2D eigenvalue weighted by molar-refractivity contribution is 5.41. The van der Waals surface area contributed by atoms with Crippen LogP contribution in [0.25, 0.3) is 0 Å². The lowest BCUT2D eigenvalue weighted by Gasteiger charge is -2.36. The van der Waals surface area contributed by atoms with Crippen molar-refractivity contribution in [2.75, 3.05) is 13.7 Å². The molecule has 1 atom stereocenters. The van der Waals surface area contributed by atoms with Crippen LogP contribution in [-0.2, 0) is 16.7 Å². The molecular formula is C13H19NO. The van der Waals surface area contributed by atoms with Crippen molar-refractivity contribution in [3.8, 4) is 0 Å². The van der Waals surface area contributed by atoms with Crippen LogP contribution < -0.4 is 5.73 Å². The number of hydrogen-bond acceptors (Lipinski definition) is 2. The van der Waals surface area contributed by atoms with Crippen LogP contribution in [0.5, 0.6) is 0 Å². The van der Waals surface area contributed by atoms with E-state index in [0.717, 1.165) is 19.3 Å². The molecule has 0 bridgehead atoms. The van der Waals surface area contributed by atoms with Crippen LogP contribution in [0.15, 0.2) is 18.2 Å². The first kappa shape index (κ1) is 10.7. The highest BCUT2D eigenvalue weighted by atomic mass is 16.5. The van der Waals surface area contributed by atoms with Gasteiger partial charge in [0.25, 0.3) is 0 Å². The Hall–Kier alpha value is -0.860. The standard InChI is InChI=1S/C13H19NO/c1-10-5-3-7-12-11(10)6-4-8-13(12,14)9-15-2/h3,5,7H,4,6,8-9,14H2,1-2H3. The number of ether oxygens (including phenoxy) is 1. The van der Waals surface area contributed by atoms with Gasteiger partial charge in [-0.1, -0.05) is 18.2 Å². The van der Waals surface area contributed by atoms with Gasteiger partial charge < -0.3 is 10.5 Å². The Morgan fingerprint density at radius 1 is 1.47 bits per heavy atom. The fourth-order valence-corrected chi connectivity index (χ4v) is 2.62. The fourth-order valence-electron chi connectivity index (χ4n) is 2.62. The Labute approximate surface area is 91.4 Å². The van der Waals surface area contributed by atoms with Gasteiger partial charge in [-0.05, 0) is 42.9 Å². The maximum Gasteiger partial charge on any atom is 0.0684 e. The highest BCUT2D eigenvalue weighted by Gasteiger charge is 2.32. The van der Waals surface area contributed by atoms with Crippen molar-refractivity contribution in [2.45, 2.75) is 31.7 Å². The van der Waals surface area contributed by atoms with Crippen LogP contribution in [0, 0.1) is 6.92 Å². The molecule has 0 aromatic heterocycles. The van der Waals surface area contributed by atoms with Crippen LogP contribution in [0.4, 0.5) is 0 Å². The van der Waals surface area contributed by atoms with Crippen molar-refractivity contribution >= 4 is 0 Å². The zero-order chi connectivity index (χ0) is 10.9. The first-order chi connectivity index (χ1) is 7.17. The Morgan fingerprint density at radius 2 is 2.27 bits per heavy atom. The van der Waals surface area contributed by atoms with Gasteiger partial charge in [0.1, 0.15) is 0 Å². The molecule has 1 aromatic rings. The molecular weight excluding hydrogens is 186 g/mol. The topological polar surface area (TPSA) is 35.2 Å². The molecule has 2 rings (SSSR count). The molecule has 0 saturated carbocycles. The summed E-state index contributed by atoms with van der Waals surface area (Å²) in [6, 6.07) is 6.41. The van der Waals surface area contributed by atoms with Crippen molar-refractivity contribution in [3.05, 3.63) is 34.9 Å². The molecule has 1 unspecified atom stereocenters. The minimum absolute atomic E-state index is 0.269. The highest BCUT2D eigenvalue weighted by Crippen LogP contribution is 2.34. The number of aryl methyl sites for hydroxylation is 1. The Morgan fingerprint density at radius 3 is 3.00 bits per heavy atom. The smallest absolute Gasteiger partial charge is 0.0684 e. The van der Waals surface area contributed by atoms with E-state index in [4.69, 9.17) is 10.5 Å². The van der Waals surface area contributed by atoms with E-state index in [-0.39, 0.29) is 5.54 Å². The summed E-state index contributed by atoms with van der Waals surface area (Å²) in [6.07, 6.45) is 3.35. The Bertz CT molecular complexity index is 362. The summed E-state index contributed by atoms with van der Waals surface area (Å²) < 4.78 is 5.26. The molecule has 2 nitrogen and oxygen atoms in total. The largest absolute Gasteiger partial charge is 0.382 e. The summed E-state index contributed by atoms with van der Waals surface area (Å²) in [7, 11) is 1.72.